The molecule has 0 bridgehead atoms. The summed E-state index contributed by atoms with van der Waals surface area (Å²) in [6, 6.07) is 29.1. The summed E-state index contributed by atoms with van der Waals surface area (Å²) in [7, 11) is 0. The third-order valence-corrected chi connectivity index (χ3v) is 9.91. The van der Waals surface area contributed by atoms with E-state index in [0.717, 1.165) is 53.0 Å². The molecule has 0 spiro atoms. The number of fused-ring (bicyclic) bond motifs is 6. The summed E-state index contributed by atoms with van der Waals surface area (Å²) in [4.78, 5) is 21.8. The van der Waals surface area contributed by atoms with Crippen LogP contribution in [0.4, 0.5) is 0 Å². The molecular formula is C40H43IrN2O2S-. The van der Waals surface area contributed by atoms with E-state index in [-0.39, 0.29) is 49.4 Å². The van der Waals surface area contributed by atoms with E-state index in [2.05, 4.69) is 92.7 Å². The van der Waals surface area contributed by atoms with E-state index in [9.17, 15) is 9.90 Å². The molecule has 0 saturated carbocycles. The maximum atomic E-state index is 11.7. The van der Waals surface area contributed by atoms with E-state index in [0.29, 0.717) is 0 Å². The SMILES string of the molecule is CC(C)c1nc(-c2[c-]cc3ccccc3c2)c2sc3ccc4ccccc4c3c2n1.CCC(CC)C(=O)/C=C(\O)C(CC)CC.[Ir]. The van der Waals surface area contributed by atoms with Gasteiger partial charge in [-0.1, -0.05) is 102 Å². The fraction of sp³-hybridized carbons (Fsp3) is 0.325. The first-order chi connectivity index (χ1) is 21.8. The number of hydrogen-bond donors (Lipinski definition) is 1. The smallest absolute Gasteiger partial charge is 0.162 e. The van der Waals surface area contributed by atoms with Gasteiger partial charge < -0.3 is 5.11 Å². The summed E-state index contributed by atoms with van der Waals surface area (Å²) in [5.74, 6) is 1.68. The van der Waals surface area contributed by atoms with Gasteiger partial charge in [-0.15, -0.1) is 40.5 Å². The van der Waals surface area contributed by atoms with E-state index < -0.39 is 0 Å². The molecule has 46 heavy (non-hydrogen) atoms. The first-order valence-electron chi connectivity index (χ1n) is 16.3. The molecule has 1 N–H and O–H groups in total. The monoisotopic (exact) mass is 808 g/mol. The Hall–Kier alpha value is -3.44. The molecule has 0 fully saturated rings. The van der Waals surface area contributed by atoms with Crippen LogP contribution in [0.2, 0.25) is 0 Å². The zero-order valence-electron chi connectivity index (χ0n) is 27.6. The van der Waals surface area contributed by atoms with Crippen molar-refractivity contribution in [2.24, 2.45) is 11.8 Å². The molecule has 4 nitrogen and oxygen atoms in total. The van der Waals surface area contributed by atoms with Crippen LogP contribution in [0.15, 0.2) is 84.6 Å². The molecule has 6 heteroatoms. The average molecular weight is 808 g/mol. The van der Waals surface area contributed by atoms with Crippen molar-refractivity contribution in [1.82, 2.24) is 9.97 Å². The number of aliphatic hydroxyl groups is 1. The number of carbonyl (C=O) groups excluding carboxylic acids is 1. The normalized spacial score (nSPS) is 11.9. The second kappa shape index (κ2) is 15.9. The predicted molar refractivity (Wildman–Crippen MR) is 192 cm³/mol. The number of carbonyl (C=O) groups is 1. The van der Waals surface area contributed by atoms with Crippen LogP contribution in [0, 0.1) is 17.9 Å². The second-order valence-corrected chi connectivity index (χ2v) is 13.1. The molecule has 2 aromatic heterocycles. The Balaban J connectivity index is 0.000000259. The fourth-order valence-corrected chi connectivity index (χ4v) is 7.07. The predicted octanol–water partition coefficient (Wildman–Crippen LogP) is 11.6. The largest absolute Gasteiger partial charge is 0.512 e. The molecule has 0 aliphatic carbocycles. The number of rotatable bonds is 9. The number of benzene rings is 4. The van der Waals surface area contributed by atoms with Crippen LogP contribution in [-0.4, -0.2) is 20.9 Å². The Bertz CT molecular complexity index is 1990. The topological polar surface area (TPSA) is 63.1 Å². The molecule has 4 aromatic carbocycles. The minimum Gasteiger partial charge on any atom is -0.512 e. The van der Waals surface area contributed by atoms with Gasteiger partial charge in [0.15, 0.2) is 5.78 Å². The summed E-state index contributed by atoms with van der Waals surface area (Å²) < 4.78 is 2.39. The number of ketones is 1. The zero-order chi connectivity index (χ0) is 32.1. The third-order valence-electron chi connectivity index (χ3n) is 8.76. The van der Waals surface area contributed by atoms with Crippen molar-refractivity contribution in [3.63, 3.8) is 0 Å². The summed E-state index contributed by atoms with van der Waals surface area (Å²) >= 11 is 1.78. The molecule has 0 amide bonds. The van der Waals surface area contributed by atoms with Gasteiger partial charge in [-0.25, -0.2) is 4.98 Å². The van der Waals surface area contributed by atoms with Gasteiger partial charge in [0, 0.05) is 64.4 Å². The molecule has 1 radical (unpaired) electrons. The van der Waals surface area contributed by atoms with Crippen molar-refractivity contribution in [2.45, 2.75) is 73.1 Å². The molecule has 0 aliphatic rings. The van der Waals surface area contributed by atoms with Crippen LogP contribution in [0.3, 0.4) is 0 Å². The van der Waals surface area contributed by atoms with Gasteiger partial charge in [-0.2, -0.15) is 0 Å². The molecule has 0 atom stereocenters. The molecule has 2 heterocycles. The van der Waals surface area contributed by atoms with Crippen molar-refractivity contribution in [3.8, 4) is 11.3 Å². The number of nitrogens with zero attached hydrogens (tertiary/aromatic N) is 2. The average Bonchev–Trinajstić information content (AvgIpc) is 3.45. The zero-order valence-corrected chi connectivity index (χ0v) is 30.8. The molecule has 0 aliphatic heterocycles. The fourth-order valence-electron chi connectivity index (χ4n) is 5.91. The number of aliphatic hydroxyl groups excluding tert-OH is 1. The van der Waals surface area contributed by atoms with E-state index in [4.69, 9.17) is 9.97 Å². The molecule has 0 unspecified atom stereocenters. The molecule has 241 valence electrons. The maximum Gasteiger partial charge on any atom is 0.162 e. The minimum absolute atomic E-state index is 0. The van der Waals surface area contributed by atoms with Crippen LogP contribution < -0.4 is 0 Å². The standard InChI is InChI=1S/C27H19N2S.C13H24O2.Ir/c1-16(2)27-28-24(20-12-11-17-7-3-4-9-19(17)15-20)26-25(29-27)23-21-10-6-5-8-18(21)13-14-22(23)30-26;1-5-10(6-2)12(14)9-13(15)11(7-3)8-4;/h3-11,13-16H,1-2H3;9-11,14H,5-8H2,1-4H3;/q-1;;/b;12-9-;. The van der Waals surface area contributed by atoms with Crippen molar-refractivity contribution in [1.29, 1.82) is 0 Å². The van der Waals surface area contributed by atoms with Crippen LogP contribution in [0.25, 0.3) is 53.1 Å². The van der Waals surface area contributed by atoms with Crippen molar-refractivity contribution in [3.05, 3.63) is 96.5 Å². The summed E-state index contributed by atoms with van der Waals surface area (Å²) in [5, 5.41) is 15.9. The van der Waals surface area contributed by atoms with Crippen LogP contribution in [0.5, 0.6) is 0 Å². The van der Waals surface area contributed by atoms with E-state index >= 15 is 0 Å². The Kier molecular flexibility index (Phi) is 12.2. The molecule has 0 saturated heterocycles. The summed E-state index contributed by atoms with van der Waals surface area (Å²) in [6.45, 7) is 12.4. The number of thiophene rings is 1. The van der Waals surface area contributed by atoms with E-state index in [1.807, 2.05) is 27.7 Å². The maximum absolute atomic E-state index is 11.7. The number of hydrogen-bond acceptors (Lipinski definition) is 5. The van der Waals surface area contributed by atoms with Gasteiger partial charge in [-0.05, 0) is 42.5 Å². The van der Waals surface area contributed by atoms with Gasteiger partial charge in [-0.3, -0.25) is 9.78 Å². The number of aromatic nitrogens is 2. The Labute approximate surface area is 290 Å². The van der Waals surface area contributed by atoms with Crippen molar-refractivity contribution >= 4 is 59.0 Å². The van der Waals surface area contributed by atoms with Gasteiger partial charge in [0.05, 0.1) is 11.3 Å². The van der Waals surface area contributed by atoms with Gasteiger partial charge in [0.25, 0.3) is 0 Å². The quantitative estimate of drug-likeness (QED) is 0.0898. The first kappa shape index (κ1) is 35.4. The van der Waals surface area contributed by atoms with Crippen LogP contribution in [0.1, 0.15) is 79.0 Å². The van der Waals surface area contributed by atoms with Crippen molar-refractivity contribution < 1.29 is 30.0 Å². The Morgan fingerprint density at radius 3 is 2.13 bits per heavy atom. The Morgan fingerprint density at radius 1 is 0.848 bits per heavy atom. The van der Waals surface area contributed by atoms with Gasteiger partial charge >= 0.3 is 0 Å². The van der Waals surface area contributed by atoms with Crippen LogP contribution >= 0.6 is 11.3 Å². The molecular weight excluding hydrogens is 765 g/mol. The summed E-state index contributed by atoms with van der Waals surface area (Å²) in [6.07, 6.45) is 4.91. The van der Waals surface area contributed by atoms with E-state index in [1.54, 1.807) is 11.3 Å². The third kappa shape index (κ3) is 7.41. The van der Waals surface area contributed by atoms with Crippen LogP contribution in [-0.2, 0) is 24.9 Å². The molecule has 6 aromatic rings. The van der Waals surface area contributed by atoms with E-state index in [1.165, 1.54) is 37.7 Å². The minimum atomic E-state index is 0. The Morgan fingerprint density at radius 2 is 1.48 bits per heavy atom. The van der Waals surface area contributed by atoms with Gasteiger partial charge in [0.2, 0.25) is 0 Å². The second-order valence-electron chi connectivity index (χ2n) is 12.0. The summed E-state index contributed by atoms with van der Waals surface area (Å²) in [5.41, 5.74) is 3.07. The van der Waals surface area contributed by atoms with Crippen molar-refractivity contribution in [2.75, 3.05) is 0 Å². The molecule has 6 rings (SSSR count). The first-order valence-corrected chi connectivity index (χ1v) is 17.1. The number of allylic oxidation sites excluding steroid dienone is 2. The van der Waals surface area contributed by atoms with Gasteiger partial charge in [0.1, 0.15) is 5.82 Å².